The number of nitrogens with zero attached hydrogens (tertiary/aromatic N) is 2. The van der Waals surface area contributed by atoms with Crippen LogP contribution in [0, 0.1) is 5.92 Å². The third-order valence-corrected chi connectivity index (χ3v) is 3.70. The predicted molar refractivity (Wildman–Crippen MR) is 75.8 cm³/mol. The van der Waals surface area contributed by atoms with Gasteiger partial charge in [-0.3, -0.25) is 4.79 Å². The van der Waals surface area contributed by atoms with E-state index in [2.05, 4.69) is 11.9 Å². The van der Waals surface area contributed by atoms with Gasteiger partial charge in [-0.15, -0.1) is 0 Å². The Morgan fingerprint density at radius 3 is 2.95 bits per heavy atom. The minimum absolute atomic E-state index is 0.0122. The molecule has 2 N–H and O–H groups in total. The molecule has 3 rings (SSSR count). The van der Waals surface area contributed by atoms with Crippen molar-refractivity contribution in [1.29, 1.82) is 0 Å². The molecule has 4 nitrogen and oxygen atoms in total. The highest BCUT2D eigenvalue weighted by Crippen LogP contribution is 2.22. The molecule has 1 unspecified atom stereocenters. The van der Waals surface area contributed by atoms with Crippen molar-refractivity contribution in [2.24, 2.45) is 5.92 Å². The summed E-state index contributed by atoms with van der Waals surface area (Å²) in [7, 11) is 0. The third-order valence-electron chi connectivity index (χ3n) is 3.70. The van der Waals surface area contributed by atoms with Crippen LogP contribution in [-0.2, 0) is 0 Å². The number of likely N-dealkylation sites (tertiary alicyclic amines) is 1. The molecule has 1 atom stereocenters. The summed E-state index contributed by atoms with van der Waals surface area (Å²) in [5.41, 5.74) is 6.39. The van der Waals surface area contributed by atoms with Crippen LogP contribution in [0.2, 0.25) is 0 Å². The topological polar surface area (TPSA) is 59.2 Å². The van der Waals surface area contributed by atoms with Crippen molar-refractivity contribution >= 4 is 22.5 Å². The van der Waals surface area contributed by atoms with Gasteiger partial charge in [0.1, 0.15) is 11.5 Å². The van der Waals surface area contributed by atoms with Crippen LogP contribution in [-0.4, -0.2) is 28.9 Å². The second-order valence-electron chi connectivity index (χ2n) is 5.26. The maximum atomic E-state index is 12.4. The molecule has 1 aliphatic rings. The summed E-state index contributed by atoms with van der Waals surface area (Å²) < 4.78 is 0. The summed E-state index contributed by atoms with van der Waals surface area (Å²) in [6.45, 7) is 3.79. The monoisotopic (exact) mass is 255 g/mol. The molecule has 2 aromatic rings. The quantitative estimate of drug-likeness (QED) is 0.850. The molecule has 0 saturated carbocycles. The number of nitrogen functional groups attached to an aromatic ring is 1. The first-order valence-electron chi connectivity index (χ1n) is 6.59. The number of anilines is 1. The molecule has 1 amide bonds. The molecule has 98 valence electrons. The second-order valence-corrected chi connectivity index (χ2v) is 5.26. The number of benzene rings is 1. The summed E-state index contributed by atoms with van der Waals surface area (Å²) in [5, 5.41) is 1.86. The first-order chi connectivity index (χ1) is 9.15. The van der Waals surface area contributed by atoms with Crippen LogP contribution in [0.5, 0.6) is 0 Å². The fourth-order valence-corrected chi connectivity index (χ4v) is 2.62. The van der Waals surface area contributed by atoms with Gasteiger partial charge in [-0.05, 0) is 23.8 Å². The Morgan fingerprint density at radius 2 is 2.21 bits per heavy atom. The lowest BCUT2D eigenvalue weighted by atomic mass is 10.1. The predicted octanol–water partition coefficient (Wildman–Crippen LogP) is 2.30. The van der Waals surface area contributed by atoms with Crippen molar-refractivity contribution < 1.29 is 4.79 Å². The number of nitrogens with two attached hydrogens (primary N) is 1. The lowest BCUT2D eigenvalue weighted by molar-refractivity contribution is 0.0782. The highest BCUT2D eigenvalue weighted by atomic mass is 16.2. The van der Waals surface area contributed by atoms with Gasteiger partial charge in [-0.2, -0.15) is 0 Å². The molecular weight excluding hydrogens is 238 g/mol. The van der Waals surface area contributed by atoms with E-state index in [1.807, 2.05) is 35.2 Å². The average molecular weight is 255 g/mol. The lowest BCUT2D eigenvalue weighted by Crippen LogP contribution is -2.29. The molecule has 0 bridgehead atoms. The van der Waals surface area contributed by atoms with Crippen molar-refractivity contribution in [3.63, 3.8) is 0 Å². The fourth-order valence-electron chi connectivity index (χ4n) is 2.62. The van der Waals surface area contributed by atoms with Gasteiger partial charge in [0.25, 0.3) is 5.91 Å². The summed E-state index contributed by atoms with van der Waals surface area (Å²) in [6, 6.07) is 9.57. The Balaban J connectivity index is 1.99. The van der Waals surface area contributed by atoms with Crippen LogP contribution < -0.4 is 5.73 Å². The van der Waals surface area contributed by atoms with Gasteiger partial charge in [0.2, 0.25) is 0 Å². The Morgan fingerprint density at radius 1 is 1.42 bits per heavy atom. The molecule has 4 heteroatoms. The standard InChI is InChI=1S/C15H17N3O/c1-10-6-7-18(9-10)15(19)13-8-11-4-2-3-5-12(11)14(16)17-13/h2-5,8,10H,6-7,9H2,1H3,(H2,16,17). The van der Waals surface area contributed by atoms with Crippen molar-refractivity contribution in [2.45, 2.75) is 13.3 Å². The summed E-state index contributed by atoms with van der Waals surface area (Å²) >= 11 is 0. The molecule has 1 saturated heterocycles. The zero-order valence-electron chi connectivity index (χ0n) is 11.0. The molecule has 1 aromatic heterocycles. The zero-order valence-corrected chi connectivity index (χ0v) is 11.0. The van der Waals surface area contributed by atoms with Gasteiger partial charge in [0, 0.05) is 18.5 Å². The van der Waals surface area contributed by atoms with Crippen molar-refractivity contribution in [3.8, 4) is 0 Å². The number of hydrogen-bond donors (Lipinski definition) is 1. The molecule has 1 aromatic carbocycles. The lowest BCUT2D eigenvalue weighted by Gasteiger charge is -2.16. The van der Waals surface area contributed by atoms with E-state index in [-0.39, 0.29) is 5.91 Å². The van der Waals surface area contributed by atoms with E-state index in [4.69, 9.17) is 5.73 Å². The number of pyridine rings is 1. The van der Waals surface area contributed by atoms with Crippen molar-refractivity contribution in [3.05, 3.63) is 36.0 Å². The summed E-state index contributed by atoms with van der Waals surface area (Å²) in [5.74, 6) is 0.984. The maximum Gasteiger partial charge on any atom is 0.272 e. The van der Waals surface area contributed by atoms with Gasteiger partial charge >= 0.3 is 0 Å². The van der Waals surface area contributed by atoms with Crippen molar-refractivity contribution in [1.82, 2.24) is 9.88 Å². The van der Waals surface area contributed by atoms with Gasteiger partial charge in [-0.1, -0.05) is 31.2 Å². The van der Waals surface area contributed by atoms with E-state index in [0.29, 0.717) is 17.4 Å². The van der Waals surface area contributed by atoms with E-state index in [1.54, 1.807) is 0 Å². The highest BCUT2D eigenvalue weighted by Gasteiger charge is 2.25. The van der Waals surface area contributed by atoms with E-state index in [1.165, 1.54) is 0 Å². The van der Waals surface area contributed by atoms with Crippen LogP contribution >= 0.6 is 0 Å². The SMILES string of the molecule is CC1CCN(C(=O)c2cc3ccccc3c(N)n2)C1. The Labute approximate surface area is 112 Å². The average Bonchev–Trinajstić information content (AvgIpc) is 2.84. The van der Waals surface area contributed by atoms with Gasteiger partial charge < -0.3 is 10.6 Å². The van der Waals surface area contributed by atoms with Crippen molar-refractivity contribution in [2.75, 3.05) is 18.8 Å². The Hall–Kier alpha value is -2.10. The molecule has 0 radical (unpaired) electrons. The van der Waals surface area contributed by atoms with E-state index < -0.39 is 0 Å². The molecule has 1 aliphatic heterocycles. The van der Waals surface area contributed by atoms with Gasteiger partial charge in [0.05, 0.1) is 0 Å². The maximum absolute atomic E-state index is 12.4. The summed E-state index contributed by atoms with van der Waals surface area (Å²) in [6.07, 6.45) is 1.06. The fraction of sp³-hybridized carbons (Fsp3) is 0.333. The number of fused-ring (bicyclic) bond motifs is 1. The summed E-state index contributed by atoms with van der Waals surface area (Å²) in [4.78, 5) is 18.5. The molecule has 1 fully saturated rings. The third kappa shape index (κ3) is 2.14. The van der Waals surface area contributed by atoms with Gasteiger partial charge in [-0.25, -0.2) is 4.98 Å². The highest BCUT2D eigenvalue weighted by molar-refractivity contribution is 5.99. The Bertz CT molecular complexity index is 638. The zero-order chi connectivity index (χ0) is 13.4. The van der Waals surface area contributed by atoms with Crippen LogP contribution in [0.4, 0.5) is 5.82 Å². The van der Waals surface area contributed by atoms with E-state index in [9.17, 15) is 4.79 Å². The first kappa shape index (κ1) is 12.0. The van der Waals surface area contributed by atoms with Crippen LogP contribution in [0.25, 0.3) is 10.8 Å². The smallest absolute Gasteiger partial charge is 0.272 e. The minimum atomic E-state index is -0.0122. The first-order valence-corrected chi connectivity index (χ1v) is 6.59. The number of rotatable bonds is 1. The molecular formula is C15H17N3O. The second kappa shape index (κ2) is 4.53. The number of carbonyl (C=O) groups excluding carboxylic acids is 1. The molecule has 0 spiro atoms. The van der Waals surface area contributed by atoms with Crippen LogP contribution in [0.1, 0.15) is 23.8 Å². The normalized spacial score (nSPS) is 19.0. The Kier molecular flexibility index (Phi) is 2.85. The molecule has 0 aliphatic carbocycles. The van der Waals surface area contributed by atoms with Crippen LogP contribution in [0.15, 0.2) is 30.3 Å². The van der Waals surface area contributed by atoms with E-state index >= 15 is 0 Å². The number of aromatic nitrogens is 1. The minimum Gasteiger partial charge on any atom is -0.383 e. The largest absolute Gasteiger partial charge is 0.383 e. The number of amides is 1. The molecule has 19 heavy (non-hydrogen) atoms. The van der Waals surface area contributed by atoms with E-state index in [0.717, 1.165) is 30.3 Å². The van der Waals surface area contributed by atoms with Gasteiger partial charge in [0.15, 0.2) is 0 Å². The number of hydrogen-bond acceptors (Lipinski definition) is 3. The number of carbonyl (C=O) groups is 1. The molecule has 2 heterocycles. The van der Waals surface area contributed by atoms with Crippen LogP contribution in [0.3, 0.4) is 0 Å².